The SMILES string of the molecule is c1ccc2c(-c3ccc4cc(-c5ccc6nc(-c7ccc(-c8cc9cccnc9c9ncccc89)cc7)ccc6c5)ccc4n3)cccc2c1. The highest BCUT2D eigenvalue weighted by Gasteiger charge is 2.12. The van der Waals surface area contributed by atoms with Crippen molar-refractivity contribution in [3.63, 3.8) is 0 Å². The maximum atomic E-state index is 5.06. The molecule has 0 radical (unpaired) electrons. The van der Waals surface area contributed by atoms with Crippen molar-refractivity contribution in [2.75, 3.05) is 0 Å². The van der Waals surface area contributed by atoms with Gasteiger partial charge in [0.25, 0.3) is 0 Å². The number of nitrogens with zero attached hydrogens (tertiary/aromatic N) is 4. The van der Waals surface area contributed by atoms with Crippen LogP contribution in [0.4, 0.5) is 0 Å². The van der Waals surface area contributed by atoms with Crippen molar-refractivity contribution in [3.8, 4) is 44.8 Å². The first kappa shape index (κ1) is 28.3. The van der Waals surface area contributed by atoms with Crippen molar-refractivity contribution in [2.24, 2.45) is 0 Å². The second-order valence-corrected chi connectivity index (χ2v) is 12.7. The Morgan fingerprint density at radius 2 is 0.920 bits per heavy atom. The fourth-order valence-corrected chi connectivity index (χ4v) is 7.21. The highest BCUT2D eigenvalue weighted by molar-refractivity contribution is 6.10. The van der Waals surface area contributed by atoms with Gasteiger partial charge in [-0.2, -0.15) is 0 Å². The van der Waals surface area contributed by atoms with Gasteiger partial charge in [0.15, 0.2) is 0 Å². The van der Waals surface area contributed by atoms with Gasteiger partial charge < -0.3 is 0 Å². The van der Waals surface area contributed by atoms with Gasteiger partial charge in [-0.3, -0.25) is 9.97 Å². The Morgan fingerprint density at radius 1 is 0.320 bits per heavy atom. The monoisotopic (exact) mass is 636 g/mol. The van der Waals surface area contributed by atoms with E-state index in [0.29, 0.717) is 0 Å². The minimum absolute atomic E-state index is 0.923. The van der Waals surface area contributed by atoms with Gasteiger partial charge >= 0.3 is 0 Å². The molecule has 4 heterocycles. The zero-order chi connectivity index (χ0) is 33.0. The first-order valence-electron chi connectivity index (χ1n) is 16.8. The Hall–Kier alpha value is -6.78. The van der Waals surface area contributed by atoms with Crippen molar-refractivity contribution < 1.29 is 0 Å². The summed E-state index contributed by atoms with van der Waals surface area (Å²) in [4.78, 5) is 19.4. The molecule has 0 aliphatic carbocycles. The summed E-state index contributed by atoms with van der Waals surface area (Å²) >= 11 is 0. The molecule has 0 saturated carbocycles. The van der Waals surface area contributed by atoms with E-state index in [1.807, 2.05) is 24.5 Å². The normalized spacial score (nSPS) is 11.6. The maximum absolute atomic E-state index is 5.06. The van der Waals surface area contributed by atoms with E-state index in [9.17, 15) is 0 Å². The van der Waals surface area contributed by atoms with Gasteiger partial charge in [-0.1, -0.05) is 103 Å². The van der Waals surface area contributed by atoms with E-state index >= 15 is 0 Å². The van der Waals surface area contributed by atoms with Crippen LogP contribution < -0.4 is 0 Å². The van der Waals surface area contributed by atoms with Gasteiger partial charge in [-0.05, 0) is 87.6 Å². The highest BCUT2D eigenvalue weighted by atomic mass is 14.7. The van der Waals surface area contributed by atoms with Crippen LogP contribution in [0.15, 0.2) is 170 Å². The molecule has 0 unspecified atom stereocenters. The van der Waals surface area contributed by atoms with Crippen LogP contribution in [0.25, 0.3) is 99.2 Å². The number of aromatic nitrogens is 4. The fourth-order valence-electron chi connectivity index (χ4n) is 7.21. The van der Waals surface area contributed by atoms with Crippen LogP contribution in [0.3, 0.4) is 0 Å². The molecule has 0 amide bonds. The van der Waals surface area contributed by atoms with E-state index in [0.717, 1.165) is 88.4 Å². The Bertz CT molecular complexity index is 2920. The number of pyridine rings is 4. The molecule has 0 spiro atoms. The largest absolute Gasteiger partial charge is 0.254 e. The van der Waals surface area contributed by atoms with Crippen LogP contribution in [0.1, 0.15) is 0 Å². The molecular weight excluding hydrogens is 609 g/mol. The molecule has 0 saturated heterocycles. The van der Waals surface area contributed by atoms with Crippen LogP contribution in [0, 0.1) is 0 Å². The van der Waals surface area contributed by atoms with Crippen LogP contribution in [0.2, 0.25) is 0 Å². The number of hydrogen-bond donors (Lipinski definition) is 0. The lowest BCUT2D eigenvalue weighted by Gasteiger charge is -2.11. The number of benzene rings is 6. The summed E-state index contributed by atoms with van der Waals surface area (Å²) in [6, 6.07) is 55.5. The van der Waals surface area contributed by atoms with Gasteiger partial charge in [-0.15, -0.1) is 0 Å². The molecule has 0 aliphatic heterocycles. The first-order chi connectivity index (χ1) is 24.7. The molecule has 4 heteroatoms. The Morgan fingerprint density at radius 3 is 1.72 bits per heavy atom. The van der Waals surface area contributed by atoms with Gasteiger partial charge in [0.2, 0.25) is 0 Å². The van der Waals surface area contributed by atoms with Gasteiger partial charge in [-0.25, -0.2) is 9.97 Å². The van der Waals surface area contributed by atoms with E-state index in [1.165, 1.54) is 10.8 Å². The molecule has 10 aromatic rings. The maximum Gasteiger partial charge on any atom is 0.0970 e. The predicted molar refractivity (Wildman–Crippen MR) is 207 cm³/mol. The standard InChI is InChI=1S/C46H28N4/c1-2-9-37-29(6-1)7-3-10-38(37)44-23-19-35-27-33(17-21-43(35)50-44)32-16-20-42-34(26-32)18-22-41(49-42)31-14-12-30(13-15-31)40-28-36-8-4-24-47-45(36)46-39(40)11-5-25-48-46/h1-28H. The minimum Gasteiger partial charge on any atom is -0.254 e. The lowest BCUT2D eigenvalue weighted by Crippen LogP contribution is -1.90. The van der Waals surface area contributed by atoms with Crippen LogP contribution in [0.5, 0.6) is 0 Å². The fraction of sp³-hybridized carbons (Fsp3) is 0. The summed E-state index contributed by atoms with van der Waals surface area (Å²) in [7, 11) is 0. The summed E-state index contributed by atoms with van der Waals surface area (Å²) in [6.45, 7) is 0. The summed E-state index contributed by atoms with van der Waals surface area (Å²) in [5.41, 5.74) is 12.6. The lowest BCUT2D eigenvalue weighted by molar-refractivity contribution is 1.37. The predicted octanol–water partition coefficient (Wildman–Crippen LogP) is 11.7. The molecule has 6 aromatic carbocycles. The van der Waals surface area contributed by atoms with E-state index in [2.05, 4.69) is 156 Å². The summed E-state index contributed by atoms with van der Waals surface area (Å²) < 4.78 is 0. The molecule has 4 nitrogen and oxygen atoms in total. The molecule has 4 aromatic heterocycles. The van der Waals surface area contributed by atoms with Crippen molar-refractivity contribution in [2.45, 2.75) is 0 Å². The van der Waals surface area contributed by atoms with E-state index < -0.39 is 0 Å². The minimum atomic E-state index is 0.923. The molecule has 0 fully saturated rings. The Labute approximate surface area is 288 Å². The molecule has 0 bridgehead atoms. The number of hydrogen-bond acceptors (Lipinski definition) is 4. The van der Waals surface area contributed by atoms with Crippen molar-refractivity contribution in [1.82, 2.24) is 19.9 Å². The Kier molecular flexibility index (Phi) is 6.46. The van der Waals surface area contributed by atoms with Crippen LogP contribution in [-0.4, -0.2) is 19.9 Å². The van der Waals surface area contributed by atoms with Gasteiger partial charge in [0.1, 0.15) is 0 Å². The Balaban J connectivity index is 0.946. The van der Waals surface area contributed by atoms with Crippen molar-refractivity contribution >= 4 is 54.4 Å². The lowest BCUT2D eigenvalue weighted by atomic mass is 9.96. The highest BCUT2D eigenvalue weighted by Crippen LogP contribution is 2.35. The second kappa shape index (κ2) is 11.4. The second-order valence-electron chi connectivity index (χ2n) is 12.7. The molecular formula is C46H28N4. The molecule has 0 atom stereocenters. The van der Waals surface area contributed by atoms with E-state index in [-0.39, 0.29) is 0 Å². The van der Waals surface area contributed by atoms with Crippen molar-refractivity contribution in [1.29, 1.82) is 0 Å². The van der Waals surface area contributed by atoms with Crippen LogP contribution >= 0.6 is 0 Å². The van der Waals surface area contributed by atoms with Crippen molar-refractivity contribution in [3.05, 3.63) is 170 Å². The smallest absolute Gasteiger partial charge is 0.0970 e. The first-order valence-corrected chi connectivity index (χ1v) is 16.8. The zero-order valence-corrected chi connectivity index (χ0v) is 27.0. The van der Waals surface area contributed by atoms with E-state index in [4.69, 9.17) is 9.97 Å². The summed E-state index contributed by atoms with van der Waals surface area (Å²) in [5, 5.41) is 6.84. The average molecular weight is 637 g/mol. The van der Waals surface area contributed by atoms with Crippen LogP contribution in [-0.2, 0) is 0 Å². The third kappa shape index (κ3) is 4.77. The molecule has 232 valence electrons. The zero-order valence-electron chi connectivity index (χ0n) is 27.0. The molecule has 10 rings (SSSR count). The quantitative estimate of drug-likeness (QED) is 0.180. The summed E-state index contributed by atoms with van der Waals surface area (Å²) in [6.07, 6.45) is 3.66. The topological polar surface area (TPSA) is 51.6 Å². The third-order valence-electron chi connectivity index (χ3n) is 9.73. The number of fused-ring (bicyclic) bond motifs is 6. The molecule has 0 aliphatic rings. The third-order valence-corrected chi connectivity index (χ3v) is 9.73. The molecule has 50 heavy (non-hydrogen) atoms. The van der Waals surface area contributed by atoms with Gasteiger partial charge in [0.05, 0.1) is 33.5 Å². The van der Waals surface area contributed by atoms with E-state index in [1.54, 1.807) is 0 Å². The number of rotatable bonds is 4. The van der Waals surface area contributed by atoms with Gasteiger partial charge in [0, 0.05) is 45.1 Å². The summed E-state index contributed by atoms with van der Waals surface area (Å²) in [5.74, 6) is 0. The molecule has 0 N–H and O–H groups in total. The average Bonchev–Trinajstić information content (AvgIpc) is 3.19.